The molecular weight excluding hydrogens is 250 g/mol. The maximum Gasteiger partial charge on any atom is 0.253 e. The zero-order valence-corrected chi connectivity index (χ0v) is 12.8. The fourth-order valence-corrected chi connectivity index (χ4v) is 2.23. The Balaban J connectivity index is 2.13. The summed E-state index contributed by atoms with van der Waals surface area (Å²) in [6.07, 6.45) is 4.41. The first kappa shape index (κ1) is 14.8. The summed E-state index contributed by atoms with van der Waals surface area (Å²) in [5.41, 5.74) is 1.72. The third-order valence-corrected chi connectivity index (χ3v) is 3.62. The van der Waals surface area contributed by atoms with Gasteiger partial charge in [-0.15, -0.1) is 0 Å². The van der Waals surface area contributed by atoms with Crippen LogP contribution in [0, 0.1) is 5.92 Å². The molecule has 0 spiro atoms. The van der Waals surface area contributed by atoms with Crippen molar-refractivity contribution >= 4 is 11.7 Å². The minimum absolute atomic E-state index is 0.105. The van der Waals surface area contributed by atoms with Crippen LogP contribution in [-0.2, 0) is 6.42 Å². The van der Waals surface area contributed by atoms with Gasteiger partial charge in [-0.25, -0.2) is 4.98 Å². The molecular formula is C16H25N3O. The van der Waals surface area contributed by atoms with Crippen LogP contribution in [0.25, 0.3) is 0 Å². The van der Waals surface area contributed by atoms with Gasteiger partial charge < -0.3 is 10.2 Å². The molecule has 0 radical (unpaired) electrons. The lowest BCUT2D eigenvalue weighted by molar-refractivity contribution is 0.0788. The number of hydrogen-bond acceptors (Lipinski definition) is 3. The Hall–Kier alpha value is -1.58. The van der Waals surface area contributed by atoms with E-state index in [0.29, 0.717) is 5.92 Å². The largest absolute Gasteiger partial charge is 0.370 e. The van der Waals surface area contributed by atoms with Crippen molar-refractivity contribution in [3.05, 3.63) is 23.4 Å². The molecule has 2 rings (SSSR count). The van der Waals surface area contributed by atoms with Crippen molar-refractivity contribution in [1.82, 2.24) is 9.88 Å². The summed E-state index contributed by atoms with van der Waals surface area (Å²) in [6, 6.07) is 3.80. The Bertz CT molecular complexity index is 469. The van der Waals surface area contributed by atoms with E-state index in [1.807, 2.05) is 24.1 Å². The molecule has 0 atom stereocenters. The van der Waals surface area contributed by atoms with Crippen LogP contribution < -0.4 is 5.32 Å². The van der Waals surface area contributed by atoms with Gasteiger partial charge in [0.05, 0.1) is 0 Å². The first-order chi connectivity index (χ1) is 9.63. The molecule has 1 aromatic heterocycles. The average molecular weight is 275 g/mol. The predicted octanol–water partition coefficient (Wildman–Crippen LogP) is 2.95. The molecule has 1 amide bonds. The number of aryl methyl sites for hydroxylation is 1. The number of nitrogens with one attached hydrogen (secondary N) is 1. The summed E-state index contributed by atoms with van der Waals surface area (Å²) in [5.74, 6) is 1.64. The molecule has 1 aliphatic rings. The average Bonchev–Trinajstić information content (AvgIpc) is 3.27. The minimum Gasteiger partial charge on any atom is -0.370 e. The van der Waals surface area contributed by atoms with E-state index >= 15 is 0 Å². The Morgan fingerprint density at radius 1 is 1.40 bits per heavy atom. The lowest BCUT2D eigenvalue weighted by atomic mass is 10.1. The van der Waals surface area contributed by atoms with Gasteiger partial charge in [-0.1, -0.05) is 13.8 Å². The van der Waals surface area contributed by atoms with Gasteiger partial charge in [0, 0.05) is 31.4 Å². The van der Waals surface area contributed by atoms with Crippen LogP contribution in [0.4, 0.5) is 5.82 Å². The van der Waals surface area contributed by atoms with Gasteiger partial charge in [0.25, 0.3) is 5.91 Å². The van der Waals surface area contributed by atoms with Gasteiger partial charge >= 0.3 is 0 Å². The van der Waals surface area contributed by atoms with Gasteiger partial charge in [0.2, 0.25) is 0 Å². The summed E-state index contributed by atoms with van der Waals surface area (Å²) < 4.78 is 0. The Kier molecular flexibility index (Phi) is 4.99. The number of pyridine rings is 1. The van der Waals surface area contributed by atoms with Gasteiger partial charge in [0.15, 0.2) is 0 Å². The Labute approximate surface area is 121 Å². The van der Waals surface area contributed by atoms with E-state index in [-0.39, 0.29) is 5.91 Å². The first-order valence-corrected chi connectivity index (χ1v) is 7.64. The summed E-state index contributed by atoms with van der Waals surface area (Å²) in [6.45, 7) is 5.94. The molecule has 1 fully saturated rings. The van der Waals surface area contributed by atoms with E-state index in [2.05, 4.69) is 24.1 Å². The number of aromatic nitrogens is 1. The lowest BCUT2D eigenvalue weighted by Gasteiger charge is -2.18. The normalized spacial score (nSPS) is 14.2. The molecule has 1 saturated carbocycles. The summed E-state index contributed by atoms with van der Waals surface area (Å²) in [5, 5.41) is 3.27. The second-order valence-corrected chi connectivity index (χ2v) is 5.64. The first-order valence-electron chi connectivity index (χ1n) is 7.64. The van der Waals surface area contributed by atoms with Crippen molar-refractivity contribution in [3.63, 3.8) is 0 Å². The highest BCUT2D eigenvalue weighted by Gasteiger charge is 2.25. The van der Waals surface area contributed by atoms with Crippen LogP contribution >= 0.6 is 0 Å². The summed E-state index contributed by atoms with van der Waals surface area (Å²) >= 11 is 0. The summed E-state index contributed by atoms with van der Waals surface area (Å²) in [7, 11) is 1.89. The molecule has 4 heteroatoms. The number of rotatable bonds is 7. The van der Waals surface area contributed by atoms with Crippen molar-refractivity contribution in [2.75, 3.05) is 25.5 Å². The molecule has 4 nitrogen and oxygen atoms in total. The van der Waals surface area contributed by atoms with Gasteiger partial charge in [0.1, 0.15) is 5.82 Å². The molecule has 110 valence electrons. The van der Waals surface area contributed by atoms with Crippen molar-refractivity contribution in [1.29, 1.82) is 0 Å². The maximum absolute atomic E-state index is 12.5. The zero-order valence-electron chi connectivity index (χ0n) is 12.8. The quantitative estimate of drug-likeness (QED) is 0.832. The van der Waals surface area contributed by atoms with Crippen LogP contribution in [0.15, 0.2) is 12.1 Å². The van der Waals surface area contributed by atoms with Crippen molar-refractivity contribution in [2.24, 2.45) is 5.92 Å². The Morgan fingerprint density at radius 3 is 2.75 bits per heavy atom. The van der Waals surface area contributed by atoms with E-state index in [1.165, 1.54) is 12.8 Å². The lowest BCUT2D eigenvalue weighted by Crippen LogP contribution is -2.29. The third kappa shape index (κ3) is 3.95. The topological polar surface area (TPSA) is 45.2 Å². The second-order valence-electron chi connectivity index (χ2n) is 5.64. The Morgan fingerprint density at radius 2 is 2.15 bits per heavy atom. The molecule has 1 aliphatic carbocycles. The molecule has 0 bridgehead atoms. The zero-order chi connectivity index (χ0) is 14.5. The standard InChI is InChI=1S/C16H25N3O/c1-4-8-17-15-10-13(9-14(5-2)18-15)16(20)19(3)11-12-6-7-12/h9-10,12H,4-8,11H2,1-3H3,(H,17,18). The number of carbonyl (C=O) groups excluding carboxylic acids is 1. The molecule has 1 N–H and O–H groups in total. The van der Waals surface area contributed by atoms with Crippen molar-refractivity contribution in [3.8, 4) is 0 Å². The predicted molar refractivity (Wildman–Crippen MR) is 82.1 cm³/mol. The van der Waals surface area contributed by atoms with Crippen LogP contribution in [-0.4, -0.2) is 35.9 Å². The van der Waals surface area contributed by atoms with Crippen LogP contribution in [0.2, 0.25) is 0 Å². The minimum atomic E-state index is 0.105. The monoisotopic (exact) mass is 275 g/mol. The highest BCUT2D eigenvalue weighted by Crippen LogP contribution is 2.29. The van der Waals surface area contributed by atoms with Crippen molar-refractivity contribution in [2.45, 2.75) is 39.5 Å². The van der Waals surface area contributed by atoms with Gasteiger partial charge in [-0.05, 0) is 43.7 Å². The van der Waals surface area contributed by atoms with Crippen LogP contribution in [0.5, 0.6) is 0 Å². The molecule has 1 heterocycles. The molecule has 1 aromatic rings. The van der Waals surface area contributed by atoms with Gasteiger partial charge in [-0.3, -0.25) is 4.79 Å². The number of anilines is 1. The van der Waals surface area contributed by atoms with Crippen molar-refractivity contribution < 1.29 is 4.79 Å². The van der Waals surface area contributed by atoms with Crippen LogP contribution in [0.1, 0.15) is 49.2 Å². The smallest absolute Gasteiger partial charge is 0.253 e. The fourth-order valence-electron chi connectivity index (χ4n) is 2.23. The fraction of sp³-hybridized carbons (Fsp3) is 0.625. The molecule has 0 aliphatic heterocycles. The van der Waals surface area contributed by atoms with Crippen LogP contribution in [0.3, 0.4) is 0 Å². The number of hydrogen-bond donors (Lipinski definition) is 1. The van der Waals surface area contributed by atoms with E-state index in [9.17, 15) is 4.79 Å². The van der Waals surface area contributed by atoms with E-state index in [1.54, 1.807) is 0 Å². The van der Waals surface area contributed by atoms with E-state index in [0.717, 1.165) is 43.0 Å². The van der Waals surface area contributed by atoms with E-state index < -0.39 is 0 Å². The molecule has 20 heavy (non-hydrogen) atoms. The second kappa shape index (κ2) is 6.73. The molecule has 0 aromatic carbocycles. The number of carbonyl (C=O) groups is 1. The maximum atomic E-state index is 12.5. The van der Waals surface area contributed by atoms with E-state index in [4.69, 9.17) is 0 Å². The summed E-state index contributed by atoms with van der Waals surface area (Å²) in [4.78, 5) is 18.8. The highest BCUT2D eigenvalue weighted by atomic mass is 16.2. The SMILES string of the molecule is CCCNc1cc(C(=O)N(C)CC2CC2)cc(CC)n1. The molecule has 0 unspecified atom stereocenters. The molecule has 0 saturated heterocycles. The van der Waals surface area contributed by atoms with Gasteiger partial charge in [-0.2, -0.15) is 0 Å². The highest BCUT2D eigenvalue weighted by molar-refractivity contribution is 5.94. The third-order valence-electron chi connectivity index (χ3n) is 3.62. The number of amides is 1. The number of nitrogens with zero attached hydrogens (tertiary/aromatic N) is 2.